The highest BCUT2D eigenvalue weighted by Gasteiger charge is 2.22. The normalized spacial score (nSPS) is 13.7. The molecule has 1 N–H and O–H groups in total. The van der Waals surface area contributed by atoms with Gasteiger partial charge in [-0.15, -0.1) is 0 Å². The predicted molar refractivity (Wildman–Crippen MR) is 115 cm³/mol. The summed E-state index contributed by atoms with van der Waals surface area (Å²) in [5.74, 6) is 1.99. The van der Waals surface area contributed by atoms with Crippen LogP contribution in [-0.4, -0.2) is 46.2 Å². The van der Waals surface area contributed by atoms with Crippen LogP contribution in [0.2, 0.25) is 0 Å². The number of fused-ring (bicyclic) bond motifs is 1. The fourth-order valence-electron chi connectivity index (χ4n) is 2.97. The number of hydrazone groups is 1. The average molecular weight is 479 g/mol. The van der Waals surface area contributed by atoms with Crippen molar-refractivity contribution in [1.82, 2.24) is 5.43 Å². The number of hydrogen-bond acceptors (Lipinski definition) is 7. The maximum absolute atomic E-state index is 12.6. The smallest absolute Gasteiger partial charge is 0.273 e. The number of nitrogens with zero attached hydrogens (tertiary/aromatic N) is 1. The number of amides is 1. The van der Waals surface area contributed by atoms with Gasteiger partial charge in [-0.3, -0.25) is 4.79 Å². The molecule has 160 valence electrons. The van der Waals surface area contributed by atoms with Crippen molar-refractivity contribution in [3.8, 4) is 23.0 Å². The maximum Gasteiger partial charge on any atom is 0.273 e. The van der Waals surface area contributed by atoms with Crippen molar-refractivity contribution in [2.24, 2.45) is 5.10 Å². The van der Waals surface area contributed by atoms with Crippen molar-refractivity contribution in [2.45, 2.75) is 13.0 Å². The Labute approximate surface area is 183 Å². The first-order valence-corrected chi connectivity index (χ1v) is 10.1. The molecule has 1 amide bonds. The van der Waals surface area contributed by atoms with Crippen molar-refractivity contribution in [3.63, 3.8) is 0 Å². The Bertz CT molecular complexity index is 934. The molecule has 0 saturated carbocycles. The van der Waals surface area contributed by atoms with Gasteiger partial charge in [-0.25, -0.2) is 5.43 Å². The van der Waals surface area contributed by atoms with Gasteiger partial charge in [0.1, 0.15) is 13.2 Å². The molecule has 1 atom stereocenters. The molecule has 1 aliphatic rings. The van der Waals surface area contributed by atoms with E-state index in [0.29, 0.717) is 48.4 Å². The summed E-state index contributed by atoms with van der Waals surface area (Å²) >= 11 is 3.45. The minimum absolute atomic E-state index is 0.414. The second-order valence-corrected chi connectivity index (χ2v) is 7.07. The Morgan fingerprint density at radius 1 is 1.23 bits per heavy atom. The zero-order chi connectivity index (χ0) is 21.5. The topological polar surface area (TPSA) is 87.6 Å². The lowest BCUT2D eigenvalue weighted by atomic mass is 10.1. The Hall–Kier alpha value is -2.78. The molecular formula is C21H23BrN2O6. The van der Waals surface area contributed by atoms with Crippen LogP contribution in [0.15, 0.2) is 39.9 Å². The monoisotopic (exact) mass is 478 g/mol. The molecule has 2 aromatic rings. The molecule has 0 bridgehead atoms. The van der Waals surface area contributed by atoms with Crippen LogP contribution < -0.4 is 24.4 Å². The van der Waals surface area contributed by atoms with Crippen molar-refractivity contribution in [3.05, 3.63) is 45.9 Å². The van der Waals surface area contributed by atoms with Crippen LogP contribution in [0.3, 0.4) is 0 Å². The lowest BCUT2D eigenvalue weighted by molar-refractivity contribution is -0.131. The number of nitrogens with one attached hydrogen (secondary N) is 1. The van der Waals surface area contributed by atoms with Gasteiger partial charge in [0, 0.05) is 7.11 Å². The summed E-state index contributed by atoms with van der Waals surface area (Å²) in [7, 11) is 3.03. The summed E-state index contributed by atoms with van der Waals surface area (Å²) in [4.78, 5) is 12.6. The van der Waals surface area contributed by atoms with Crippen LogP contribution in [0, 0.1) is 0 Å². The molecule has 0 fully saturated rings. The molecule has 0 saturated heterocycles. The van der Waals surface area contributed by atoms with Gasteiger partial charge in [0.2, 0.25) is 0 Å². The van der Waals surface area contributed by atoms with E-state index in [2.05, 4.69) is 26.5 Å². The largest absolute Gasteiger partial charge is 0.492 e. The molecule has 0 aliphatic carbocycles. The molecule has 2 aromatic carbocycles. The van der Waals surface area contributed by atoms with E-state index < -0.39 is 12.0 Å². The van der Waals surface area contributed by atoms with E-state index in [1.807, 2.05) is 13.0 Å². The van der Waals surface area contributed by atoms with E-state index in [0.717, 1.165) is 10.0 Å². The van der Waals surface area contributed by atoms with Crippen LogP contribution in [-0.2, 0) is 9.53 Å². The number of carbonyl (C=O) groups excluding carboxylic acids is 1. The highest BCUT2D eigenvalue weighted by Crippen LogP contribution is 2.36. The van der Waals surface area contributed by atoms with E-state index in [-0.39, 0.29) is 0 Å². The number of carbonyl (C=O) groups is 1. The second kappa shape index (κ2) is 10.3. The zero-order valence-electron chi connectivity index (χ0n) is 16.9. The zero-order valence-corrected chi connectivity index (χ0v) is 18.5. The first-order chi connectivity index (χ1) is 14.6. The van der Waals surface area contributed by atoms with Gasteiger partial charge in [0.25, 0.3) is 5.91 Å². The lowest BCUT2D eigenvalue weighted by Gasteiger charge is -2.20. The average Bonchev–Trinajstić information content (AvgIpc) is 2.74. The Morgan fingerprint density at radius 3 is 2.70 bits per heavy atom. The summed E-state index contributed by atoms with van der Waals surface area (Å²) in [6.45, 7) is 3.34. The van der Waals surface area contributed by atoms with Gasteiger partial charge in [0.05, 0.1) is 24.4 Å². The number of ether oxygens (including phenoxy) is 5. The van der Waals surface area contributed by atoms with Gasteiger partial charge in [-0.05, 0) is 58.2 Å². The summed E-state index contributed by atoms with van der Waals surface area (Å²) in [5, 5.41) is 4.04. The standard InChI is InChI=1S/C21H23BrN2O6/c1-4-28-18-10-13(9-15(22)20(18)27-3)12-23-24-21(25)19(26-2)14-5-6-16-17(11-14)30-8-7-29-16/h5-6,9-12,19H,4,7-8H2,1-3H3,(H,24,25). The Kier molecular flexibility index (Phi) is 7.53. The van der Waals surface area contributed by atoms with Crippen LogP contribution in [0.25, 0.3) is 0 Å². The number of halogens is 1. The van der Waals surface area contributed by atoms with Crippen LogP contribution in [0.4, 0.5) is 0 Å². The summed E-state index contributed by atoms with van der Waals surface area (Å²) in [6, 6.07) is 8.85. The van der Waals surface area contributed by atoms with E-state index in [1.54, 1.807) is 31.4 Å². The third-order valence-electron chi connectivity index (χ3n) is 4.27. The third kappa shape index (κ3) is 5.03. The Morgan fingerprint density at radius 2 is 2.00 bits per heavy atom. The molecule has 1 aliphatic heterocycles. The summed E-state index contributed by atoms with van der Waals surface area (Å²) in [6.07, 6.45) is 0.667. The number of hydrogen-bond donors (Lipinski definition) is 1. The number of methoxy groups -OCH3 is 2. The second-order valence-electron chi connectivity index (χ2n) is 6.22. The van der Waals surface area contributed by atoms with Gasteiger partial charge in [0.15, 0.2) is 29.1 Å². The fourth-order valence-corrected chi connectivity index (χ4v) is 3.59. The number of benzene rings is 2. The van der Waals surface area contributed by atoms with E-state index in [1.165, 1.54) is 13.3 Å². The van der Waals surface area contributed by atoms with Crippen molar-refractivity contribution in [2.75, 3.05) is 34.0 Å². The van der Waals surface area contributed by atoms with Crippen LogP contribution in [0.1, 0.15) is 24.2 Å². The molecule has 30 heavy (non-hydrogen) atoms. The minimum atomic E-state index is -0.848. The quantitative estimate of drug-likeness (QED) is 0.461. The minimum Gasteiger partial charge on any atom is -0.492 e. The van der Waals surface area contributed by atoms with Gasteiger partial charge >= 0.3 is 0 Å². The third-order valence-corrected chi connectivity index (χ3v) is 4.86. The summed E-state index contributed by atoms with van der Waals surface area (Å²) in [5.41, 5.74) is 3.87. The molecular weight excluding hydrogens is 456 g/mol. The van der Waals surface area contributed by atoms with Crippen LogP contribution in [0.5, 0.6) is 23.0 Å². The van der Waals surface area contributed by atoms with Crippen LogP contribution >= 0.6 is 15.9 Å². The lowest BCUT2D eigenvalue weighted by Crippen LogP contribution is -2.27. The maximum atomic E-state index is 12.6. The molecule has 8 nitrogen and oxygen atoms in total. The Balaban J connectivity index is 1.71. The van der Waals surface area contributed by atoms with E-state index in [4.69, 9.17) is 23.7 Å². The fraction of sp³-hybridized carbons (Fsp3) is 0.333. The first kappa shape index (κ1) is 21.9. The van der Waals surface area contributed by atoms with Gasteiger partial charge < -0.3 is 23.7 Å². The van der Waals surface area contributed by atoms with Crippen molar-refractivity contribution >= 4 is 28.1 Å². The molecule has 1 heterocycles. The summed E-state index contributed by atoms with van der Waals surface area (Å²) < 4.78 is 28.1. The predicted octanol–water partition coefficient (Wildman–Crippen LogP) is 3.47. The van der Waals surface area contributed by atoms with Crippen molar-refractivity contribution < 1.29 is 28.5 Å². The van der Waals surface area contributed by atoms with Crippen molar-refractivity contribution in [1.29, 1.82) is 0 Å². The number of rotatable bonds is 8. The van der Waals surface area contributed by atoms with E-state index >= 15 is 0 Å². The molecule has 1 unspecified atom stereocenters. The molecule has 0 aromatic heterocycles. The molecule has 0 radical (unpaired) electrons. The SMILES string of the molecule is CCOc1cc(C=NNC(=O)C(OC)c2ccc3c(c2)OCCO3)cc(Br)c1OC. The molecule has 3 rings (SSSR count). The molecule has 0 spiro atoms. The highest BCUT2D eigenvalue weighted by molar-refractivity contribution is 9.10. The van der Waals surface area contributed by atoms with Gasteiger partial charge in [-0.1, -0.05) is 6.07 Å². The van der Waals surface area contributed by atoms with Gasteiger partial charge in [-0.2, -0.15) is 5.10 Å². The van der Waals surface area contributed by atoms with E-state index in [9.17, 15) is 4.79 Å². The molecule has 9 heteroatoms. The highest BCUT2D eigenvalue weighted by atomic mass is 79.9. The first-order valence-electron chi connectivity index (χ1n) is 9.33.